The molecule has 0 aliphatic heterocycles. The van der Waals surface area contributed by atoms with Gasteiger partial charge in [-0.05, 0) is 35.7 Å². The van der Waals surface area contributed by atoms with Crippen LogP contribution in [-0.4, -0.2) is 4.40 Å². The minimum absolute atomic E-state index is 0.786. The molecule has 0 radical (unpaired) electrons. The van der Waals surface area contributed by atoms with Gasteiger partial charge in [0, 0.05) is 21.5 Å². The van der Waals surface area contributed by atoms with Crippen molar-refractivity contribution in [1.29, 1.82) is 0 Å². The number of rotatable bonds is 0. The molecule has 3 aromatic heterocycles. The first-order valence-corrected chi connectivity index (χ1v) is 9.37. The lowest BCUT2D eigenvalue weighted by molar-refractivity contribution is 0.669. The van der Waals surface area contributed by atoms with Gasteiger partial charge in [0.05, 0.1) is 27.0 Å². The fourth-order valence-electron chi connectivity index (χ4n) is 4.78. The van der Waals surface area contributed by atoms with E-state index in [-0.39, 0.29) is 0 Å². The van der Waals surface area contributed by atoms with Gasteiger partial charge < -0.3 is 8.82 Å². The fourth-order valence-corrected chi connectivity index (χ4v) is 5.04. The summed E-state index contributed by atoms with van der Waals surface area (Å²) in [5, 5.41) is 7.81. The Morgan fingerprint density at radius 1 is 0.593 bits per heavy atom. The molecule has 7 aromatic rings. The first kappa shape index (κ1) is 13.9. The molecule has 126 valence electrons. The molecule has 7 rings (SSSR count). The zero-order valence-corrected chi connectivity index (χ0v) is 14.9. The van der Waals surface area contributed by atoms with Crippen molar-refractivity contribution in [3.63, 3.8) is 0 Å². The van der Waals surface area contributed by atoms with Gasteiger partial charge in [-0.2, -0.15) is 0 Å². The van der Waals surface area contributed by atoms with Crippen LogP contribution in [0.3, 0.4) is 0 Å². The predicted molar refractivity (Wildman–Crippen MR) is 113 cm³/mol. The summed E-state index contributed by atoms with van der Waals surface area (Å²) in [7, 11) is 0. The summed E-state index contributed by atoms with van der Waals surface area (Å²) in [5.41, 5.74) is 5.32. The van der Waals surface area contributed by atoms with Gasteiger partial charge in [-0.15, -0.1) is 0 Å². The molecule has 0 fully saturated rings. The second-order valence-corrected chi connectivity index (χ2v) is 7.51. The number of para-hydroxylation sites is 1. The summed E-state index contributed by atoms with van der Waals surface area (Å²) in [6.45, 7) is 0. The van der Waals surface area contributed by atoms with E-state index in [1.54, 1.807) is 0 Å². The highest BCUT2D eigenvalue weighted by atomic mass is 35.5. The summed E-state index contributed by atoms with van der Waals surface area (Å²) in [4.78, 5) is 0. The van der Waals surface area contributed by atoms with Crippen molar-refractivity contribution in [3.8, 4) is 0 Å². The normalized spacial score (nSPS) is 12.6. The Bertz CT molecular complexity index is 1690. The molecule has 0 N–H and O–H groups in total. The number of nitrogens with zero attached hydrogens (tertiary/aromatic N) is 1. The quantitative estimate of drug-likeness (QED) is 0.274. The Balaban J connectivity index is 2.07. The third kappa shape index (κ3) is 1.51. The van der Waals surface area contributed by atoms with Crippen LogP contribution in [0.15, 0.2) is 77.2 Å². The van der Waals surface area contributed by atoms with Gasteiger partial charge in [-0.25, -0.2) is 0 Å². The van der Waals surface area contributed by atoms with E-state index >= 15 is 0 Å². The minimum atomic E-state index is 0.786. The first-order valence-electron chi connectivity index (χ1n) is 8.99. The maximum Gasteiger partial charge on any atom is 0.137 e. The Morgan fingerprint density at radius 3 is 2.26 bits per heavy atom. The van der Waals surface area contributed by atoms with Crippen LogP contribution in [0.1, 0.15) is 0 Å². The molecule has 0 aliphatic carbocycles. The molecule has 2 nitrogen and oxygen atoms in total. The molecular weight excluding hydrogens is 354 g/mol. The highest BCUT2D eigenvalue weighted by molar-refractivity contribution is 6.40. The van der Waals surface area contributed by atoms with Crippen molar-refractivity contribution in [3.05, 3.63) is 77.8 Å². The van der Waals surface area contributed by atoms with Gasteiger partial charge in [-0.3, -0.25) is 0 Å². The number of hydrogen-bond donors (Lipinski definition) is 0. The molecule has 0 amide bonds. The monoisotopic (exact) mass is 365 g/mol. The van der Waals surface area contributed by atoms with E-state index < -0.39 is 0 Å². The fraction of sp³-hybridized carbons (Fsp3) is 0. The van der Waals surface area contributed by atoms with Crippen molar-refractivity contribution in [1.82, 2.24) is 4.40 Å². The van der Waals surface area contributed by atoms with Crippen LogP contribution in [0.4, 0.5) is 0 Å². The minimum Gasteiger partial charge on any atom is -0.456 e. The topological polar surface area (TPSA) is 17.6 Å². The van der Waals surface area contributed by atoms with E-state index in [1.807, 2.05) is 6.07 Å². The van der Waals surface area contributed by atoms with Crippen molar-refractivity contribution < 1.29 is 4.42 Å². The van der Waals surface area contributed by atoms with Crippen LogP contribution in [0.2, 0.25) is 5.02 Å². The second-order valence-electron chi connectivity index (χ2n) is 7.10. The van der Waals surface area contributed by atoms with Crippen LogP contribution in [0.5, 0.6) is 0 Å². The molecule has 3 heteroatoms. The van der Waals surface area contributed by atoms with E-state index in [2.05, 4.69) is 71.1 Å². The zero-order chi connectivity index (χ0) is 17.7. The van der Waals surface area contributed by atoms with Crippen LogP contribution < -0.4 is 0 Å². The number of hydrogen-bond acceptors (Lipinski definition) is 1. The smallest absolute Gasteiger partial charge is 0.137 e. The Kier molecular flexibility index (Phi) is 2.34. The molecule has 0 aliphatic rings. The van der Waals surface area contributed by atoms with Gasteiger partial charge in [0.25, 0.3) is 0 Å². The molecule has 0 spiro atoms. The molecule has 0 unspecified atom stereocenters. The van der Waals surface area contributed by atoms with Crippen LogP contribution in [-0.2, 0) is 0 Å². The summed E-state index contributed by atoms with van der Waals surface area (Å²) < 4.78 is 8.54. The number of benzene rings is 4. The number of fused-ring (bicyclic) bond motifs is 5. The van der Waals surface area contributed by atoms with Gasteiger partial charge in [0.2, 0.25) is 0 Å². The molecular formula is C24H12ClNO. The van der Waals surface area contributed by atoms with Gasteiger partial charge in [0.15, 0.2) is 0 Å². The van der Waals surface area contributed by atoms with Crippen molar-refractivity contribution in [2.24, 2.45) is 0 Å². The predicted octanol–water partition coefficient (Wildman–Crippen LogP) is 7.39. The third-order valence-electron chi connectivity index (χ3n) is 5.80. The molecule has 3 heterocycles. The Morgan fingerprint density at radius 2 is 1.33 bits per heavy atom. The Labute approximate surface area is 158 Å². The zero-order valence-electron chi connectivity index (χ0n) is 14.2. The van der Waals surface area contributed by atoms with E-state index in [9.17, 15) is 0 Å². The van der Waals surface area contributed by atoms with Gasteiger partial charge >= 0.3 is 0 Å². The summed E-state index contributed by atoms with van der Waals surface area (Å²) in [6.07, 6.45) is 0. The van der Waals surface area contributed by atoms with Crippen molar-refractivity contribution in [2.75, 3.05) is 0 Å². The summed E-state index contributed by atoms with van der Waals surface area (Å²) >= 11 is 6.71. The highest BCUT2D eigenvalue weighted by Crippen LogP contribution is 2.44. The van der Waals surface area contributed by atoms with E-state index in [0.29, 0.717) is 0 Å². The number of furan rings is 1. The average molecular weight is 366 g/mol. The van der Waals surface area contributed by atoms with Crippen LogP contribution in [0, 0.1) is 0 Å². The maximum atomic E-state index is 6.71. The van der Waals surface area contributed by atoms with Crippen LogP contribution in [0.25, 0.3) is 60.0 Å². The standard InChI is InChI=1S/C24H12ClNO/c25-16-12-11-14-13-6-3-9-19-22(13)23-18(8-4-10-20(23)27-19)26-17-7-2-1-5-15(17)21(16)24(14)26/h1-12H. The Hall–Kier alpha value is -3.23. The molecule has 0 bridgehead atoms. The summed E-state index contributed by atoms with van der Waals surface area (Å²) in [5.74, 6) is 0. The third-order valence-corrected chi connectivity index (χ3v) is 6.11. The molecule has 0 atom stereocenters. The van der Waals surface area contributed by atoms with E-state index in [4.69, 9.17) is 16.0 Å². The lowest BCUT2D eigenvalue weighted by atomic mass is 10.0. The van der Waals surface area contributed by atoms with Gasteiger partial charge in [-0.1, -0.05) is 54.1 Å². The van der Waals surface area contributed by atoms with Crippen LogP contribution >= 0.6 is 11.6 Å². The SMILES string of the molecule is Clc1ccc2c3cccc4oc5cccc(c5c43)n3c4ccccc4c1c23. The van der Waals surface area contributed by atoms with Crippen molar-refractivity contribution in [2.45, 2.75) is 0 Å². The van der Waals surface area contributed by atoms with Gasteiger partial charge in [0.1, 0.15) is 11.2 Å². The molecule has 4 aromatic carbocycles. The maximum absolute atomic E-state index is 6.71. The molecule has 0 saturated heterocycles. The summed E-state index contributed by atoms with van der Waals surface area (Å²) in [6, 6.07) is 25.2. The number of halogens is 1. The first-order chi connectivity index (χ1) is 13.3. The van der Waals surface area contributed by atoms with Crippen molar-refractivity contribution >= 4 is 71.6 Å². The highest BCUT2D eigenvalue weighted by Gasteiger charge is 2.20. The lowest BCUT2D eigenvalue weighted by Gasteiger charge is -2.02. The average Bonchev–Trinajstić information content (AvgIpc) is 3.21. The number of aromatic nitrogens is 1. The molecule has 0 saturated carbocycles. The van der Waals surface area contributed by atoms with E-state index in [1.165, 1.54) is 27.1 Å². The second kappa shape index (κ2) is 4.54. The molecule has 27 heavy (non-hydrogen) atoms. The lowest BCUT2D eigenvalue weighted by Crippen LogP contribution is -1.84. The van der Waals surface area contributed by atoms with E-state index in [0.717, 1.165) is 38.0 Å². The largest absolute Gasteiger partial charge is 0.456 e.